The maximum Gasteiger partial charge on any atom is 0.313 e. The number of aliphatic carboxylic acids is 1. The lowest BCUT2D eigenvalue weighted by Crippen LogP contribution is -2.49. The molecule has 0 saturated carbocycles. The number of carbonyl (C=O) groups is 1. The Labute approximate surface area is 122 Å². The molecule has 1 aliphatic heterocycles. The van der Waals surface area contributed by atoms with Crippen LogP contribution in [0.4, 0.5) is 4.39 Å². The number of aryl methyl sites for hydroxylation is 1. The third kappa shape index (κ3) is 2.92. The van der Waals surface area contributed by atoms with Gasteiger partial charge in [-0.2, -0.15) is 0 Å². The summed E-state index contributed by atoms with van der Waals surface area (Å²) in [6.45, 7) is 2.80. The summed E-state index contributed by atoms with van der Waals surface area (Å²) in [7, 11) is -4.02. The van der Waals surface area contributed by atoms with Crippen LogP contribution in [0.2, 0.25) is 0 Å². The molecular formula is C13H16FNO5S. The number of carboxylic acid groups (broad SMARTS) is 1. The summed E-state index contributed by atoms with van der Waals surface area (Å²) < 4.78 is 45.3. The monoisotopic (exact) mass is 317 g/mol. The van der Waals surface area contributed by atoms with Crippen molar-refractivity contribution in [2.75, 3.05) is 13.2 Å². The first-order valence-electron chi connectivity index (χ1n) is 6.26. The fourth-order valence-corrected chi connectivity index (χ4v) is 3.39. The van der Waals surface area contributed by atoms with Crippen LogP contribution in [0.25, 0.3) is 0 Å². The highest BCUT2D eigenvalue weighted by atomic mass is 32.2. The fourth-order valence-electron chi connectivity index (χ4n) is 2.04. The quantitative estimate of drug-likeness (QED) is 0.861. The molecule has 1 heterocycles. The molecule has 6 nitrogen and oxygen atoms in total. The van der Waals surface area contributed by atoms with Crippen LogP contribution in [0, 0.1) is 18.2 Å². The Morgan fingerprint density at radius 3 is 2.76 bits per heavy atom. The van der Waals surface area contributed by atoms with E-state index in [4.69, 9.17) is 4.74 Å². The van der Waals surface area contributed by atoms with E-state index in [-0.39, 0.29) is 18.1 Å². The molecule has 2 unspecified atom stereocenters. The van der Waals surface area contributed by atoms with E-state index in [0.717, 1.165) is 6.07 Å². The second-order valence-electron chi connectivity index (χ2n) is 5.32. The number of hydrogen-bond donors (Lipinski definition) is 2. The molecule has 8 heteroatoms. The van der Waals surface area contributed by atoms with Crippen molar-refractivity contribution < 1.29 is 27.4 Å². The van der Waals surface area contributed by atoms with E-state index >= 15 is 0 Å². The van der Waals surface area contributed by atoms with Crippen LogP contribution < -0.4 is 4.72 Å². The average molecular weight is 317 g/mol. The highest BCUT2D eigenvalue weighted by molar-refractivity contribution is 7.89. The number of carboxylic acids is 1. The number of nitrogens with one attached hydrogen (secondary N) is 1. The van der Waals surface area contributed by atoms with Gasteiger partial charge in [-0.15, -0.1) is 0 Å². The zero-order valence-corrected chi connectivity index (χ0v) is 12.4. The summed E-state index contributed by atoms with van der Waals surface area (Å²) in [6, 6.07) is 2.62. The molecule has 2 rings (SSSR count). The van der Waals surface area contributed by atoms with E-state index in [1.807, 2.05) is 0 Å². The Balaban J connectivity index is 2.29. The molecule has 21 heavy (non-hydrogen) atoms. The van der Waals surface area contributed by atoms with Crippen molar-refractivity contribution in [1.82, 2.24) is 4.72 Å². The topological polar surface area (TPSA) is 92.7 Å². The molecule has 2 atom stereocenters. The molecule has 1 saturated heterocycles. The van der Waals surface area contributed by atoms with Gasteiger partial charge in [-0.25, -0.2) is 17.5 Å². The number of sulfonamides is 1. The molecule has 0 bridgehead atoms. The Bertz CT molecular complexity index is 675. The SMILES string of the molecule is Cc1ccc(S(=O)(=O)NC2COCC2(C)C(=O)O)cc1F. The normalized spacial score (nSPS) is 26.0. The van der Waals surface area contributed by atoms with Crippen molar-refractivity contribution in [3.8, 4) is 0 Å². The lowest BCUT2D eigenvalue weighted by molar-refractivity contribution is -0.148. The number of halogens is 1. The Morgan fingerprint density at radius 1 is 1.52 bits per heavy atom. The molecule has 116 valence electrons. The van der Waals surface area contributed by atoms with E-state index in [2.05, 4.69) is 4.72 Å². The predicted octanol–water partition coefficient (Wildman–Crippen LogP) is 0.902. The highest BCUT2D eigenvalue weighted by Crippen LogP contribution is 2.30. The smallest absolute Gasteiger partial charge is 0.313 e. The van der Waals surface area contributed by atoms with Crippen molar-refractivity contribution in [2.24, 2.45) is 5.41 Å². The van der Waals surface area contributed by atoms with Gasteiger partial charge in [0.15, 0.2) is 0 Å². The van der Waals surface area contributed by atoms with Gasteiger partial charge < -0.3 is 9.84 Å². The Kier molecular flexibility index (Phi) is 4.05. The first-order valence-corrected chi connectivity index (χ1v) is 7.75. The van der Waals surface area contributed by atoms with Gasteiger partial charge in [0.2, 0.25) is 10.0 Å². The van der Waals surface area contributed by atoms with Gasteiger partial charge >= 0.3 is 5.97 Å². The van der Waals surface area contributed by atoms with Crippen LogP contribution >= 0.6 is 0 Å². The van der Waals surface area contributed by atoms with Crippen LogP contribution in [0.5, 0.6) is 0 Å². The van der Waals surface area contributed by atoms with E-state index in [0.29, 0.717) is 5.56 Å². The van der Waals surface area contributed by atoms with E-state index < -0.39 is 33.3 Å². The molecule has 0 radical (unpaired) electrons. The zero-order valence-electron chi connectivity index (χ0n) is 11.6. The lowest BCUT2D eigenvalue weighted by Gasteiger charge is -2.25. The molecule has 1 aromatic carbocycles. The van der Waals surface area contributed by atoms with Crippen LogP contribution in [-0.4, -0.2) is 38.7 Å². The van der Waals surface area contributed by atoms with E-state index in [1.54, 1.807) is 0 Å². The van der Waals surface area contributed by atoms with Crippen molar-refractivity contribution in [3.63, 3.8) is 0 Å². The third-order valence-electron chi connectivity index (χ3n) is 3.70. The summed E-state index contributed by atoms with van der Waals surface area (Å²) in [6.07, 6.45) is 0. The molecule has 1 fully saturated rings. The van der Waals surface area contributed by atoms with Crippen molar-refractivity contribution in [2.45, 2.75) is 24.8 Å². The minimum Gasteiger partial charge on any atom is -0.481 e. The molecule has 1 aliphatic rings. The number of benzene rings is 1. The molecule has 0 amide bonds. The molecular weight excluding hydrogens is 301 g/mol. The minimum absolute atomic E-state index is 0.0453. The van der Waals surface area contributed by atoms with Gasteiger partial charge in [0.25, 0.3) is 0 Å². The molecule has 1 aromatic rings. The van der Waals surface area contributed by atoms with Gasteiger partial charge in [0, 0.05) is 0 Å². The van der Waals surface area contributed by atoms with E-state index in [9.17, 15) is 22.7 Å². The van der Waals surface area contributed by atoms with Crippen molar-refractivity contribution in [3.05, 3.63) is 29.6 Å². The summed E-state index contributed by atoms with van der Waals surface area (Å²) in [5.41, 5.74) is -1.02. The second-order valence-corrected chi connectivity index (χ2v) is 7.04. The van der Waals surface area contributed by atoms with Crippen LogP contribution in [0.3, 0.4) is 0 Å². The van der Waals surface area contributed by atoms with Gasteiger partial charge in [-0.1, -0.05) is 6.07 Å². The largest absolute Gasteiger partial charge is 0.481 e. The van der Waals surface area contributed by atoms with Crippen LogP contribution in [-0.2, 0) is 19.6 Å². The molecule has 0 aromatic heterocycles. The minimum atomic E-state index is -4.02. The maximum atomic E-state index is 13.5. The third-order valence-corrected chi connectivity index (χ3v) is 5.16. The van der Waals surface area contributed by atoms with Gasteiger partial charge in [0.05, 0.1) is 24.2 Å². The summed E-state index contributed by atoms with van der Waals surface area (Å²) in [5, 5.41) is 9.22. The number of rotatable bonds is 4. The van der Waals surface area contributed by atoms with Gasteiger partial charge in [-0.3, -0.25) is 4.79 Å². The number of ether oxygens (including phenoxy) is 1. The lowest BCUT2D eigenvalue weighted by atomic mass is 9.86. The number of hydrogen-bond acceptors (Lipinski definition) is 4. The molecule has 2 N–H and O–H groups in total. The highest BCUT2D eigenvalue weighted by Gasteiger charge is 2.48. The second kappa shape index (κ2) is 5.36. The molecule has 0 spiro atoms. The standard InChI is InChI=1S/C13H16FNO5S/c1-8-3-4-9(5-10(8)14)21(18,19)15-11-6-20-7-13(11,2)12(16)17/h3-5,11,15H,6-7H2,1-2H3,(H,16,17). The first-order chi connectivity index (χ1) is 9.67. The van der Waals surface area contributed by atoms with Crippen molar-refractivity contribution >= 4 is 16.0 Å². The molecule has 0 aliphatic carbocycles. The van der Waals surface area contributed by atoms with Gasteiger partial charge in [0.1, 0.15) is 11.2 Å². The maximum absolute atomic E-state index is 13.5. The first kappa shape index (κ1) is 15.9. The summed E-state index contributed by atoms with van der Waals surface area (Å²) in [4.78, 5) is 11.0. The van der Waals surface area contributed by atoms with Crippen LogP contribution in [0.1, 0.15) is 12.5 Å². The zero-order chi connectivity index (χ0) is 15.8. The van der Waals surface area contributed by atoms with Crippen LogP contribution in [0.15, 0.2) is 23.1 Å². The Morgan fingerprint density at radius 2 is 2.19 bits per heavy atom. The summed E-state index contributed by atoms with van der Waals surface area (Å²) >= 11 is 0. The van der Waals surface area contributed by atoms with Crippen molar-refractivity contribution in [1.29, 1.82) is 0 Å². The predicted molar refractivity (Wildman–Crippen MR) is 71.8 cm³/mol. The average Bonchev–Trinajstić information content (AvgIpc) is 2.75. The van der Waals surface area contributed by atoms with Gasteiger partial charge in [-0.05, 0) is 31.5 Å². The van der Waals surface area contributed by atoms with E-state index in [1.165, 1.54) is 26.0 Å². The fraction of sp³-hybridized carbons (Fsp3) is 0.462. The Hall–Kier alpha value is -1.51. The summed E-state index contributed by atoms with van der Waals surface area (Å²) in [5.74, 6) is -1.79.